The Morgan fingerprint density at radius 2 is 1.93 bits per heavy atom. The normalized spacial score (nSPS) is 18.8. The fraction of sp³-hybridized carbons (Fsp3) is 0.591. The van der Waals surface area contributed by atoms with Gasteiger partial charge < -0.3 is 10.6 Å². The second-order valence-corrected chi connectivity index (χ2v) is 8.31. The minimum atomic E-state index is 0.0637. The Kier molecular flexibility index (Phi) is 6.44. The van der Waals surface area contributed by atoms with Gasteiger partial charge in [-0.3, -0.25) is 15.7 Å². The van der Waals surface area contributed by atoms with Crippen LogP contribution in [0.2, 0.25) is 0 Å². The summed E-state index contributed by atoms with van der Waals surface area (Å²) in [5.74, 6) is 1.41. The number of rotatable bonds is 8. The van der Waals surface area contributed by atoms with Crippen LogP contribution in [-0.2, 0) is 6.54 Å². The first kappa shape index (κ1) is 19.9. The smallest absolute Gasteiger partial charge is 0.166 e. The van der Waals surface area contributed by atoms with Crippen LogP contribution in [0, 0.1) is 11.3 Å². The van der Waals surface area contributed by atoms with Crippen molar-refractivity contribution in [1.29, 1.82) is 5.41 Å². The van der Waals surface area contributed by atoms with E-state index in [2.05, 4.69) is 20.9 Å². The quantitative estimate of drug-likeness (QED) is 0.513. The summed E-state index contributed by atoms with van der Waals surface area (Å²) in [6.07, 6.45) is 11.9. The van der Waals surface area contributed by atoms with Gasteiger partial charge >= 0.3 is 0 Å². The number of nitrogens with one attached hydrogen (secondary N) is 4. The molecule has 2 fully saturated rings. The van der Waals surface area contributed by atoms with Crippen LogP contribution in [0.1, 0.15) is 63.2 Å². The first-order valence-electron chi connectivity index (χ1n) is 11.0. The van der Waals surface area contributed by atoms with Crippen LogP contribution in [0.5, 0.6) is 0 Å². The summed E-state index contributed by atoms with van der Waals surface area (Å²) in [6.45, 7) is 0.591. The molecule has 2 aromatic heterocycles. The largest absolute Gasteiger partial charge is 0.376 e. The Bertz CT molecular complexity index is 836. The zero-order chi connectivity index (χ0) is 20.1. The molecule has 7 heteroatoms. The van der Waals surface area contributed by atoms with E-state index >= 15 is 0 Å². The lowest BCUT2D eigenvalue weighted by Gasteiger charge is -2.23. The summed E-state index contributed by atoms with van der Waals surface area (Å²) in [7, 11) is 1.96. The van der Waals surface area contributed by atoms with Gasteiger partial charge in [0.1, 0.15) is 12.0 Å². The third-order valence-corrected chi connectivity index (χ3v) is 6.00. The Balaban J connectivity index is 1.60. The van der Waals surface area contributed by atoms with Crippen molar-refractivity contribution in [3.63, 3.8) is 0 Å². The number of hydrogen-bond donors (Lipinski definition) is 4. The first-order chi connectivity index (χ1) is 14.2. The lowest BCUT2D eigenvalue weighted by atomic mass is 10.1. The van der Waals surface area contributed by atoms with E-state index in [-0.39, 0.29) is 6.17 Å². The first-order valence-corrected chi connectivity index (χ1v) is 11.0. The molecule has 4 N–H and O–H groups in total. The molecule has 0 spiro atoms. The predicted octanol–water partition coefficient (Wildman–Crippen LogP) is 3.63. The zero-order valence-electron chi connectivity index (χ0n) is 17.3. The van der Waals surface area contributed by atoms with Crippen molar-refractivity contribution in [2.45, 2.75) is 70.1 Å². The van der Waals surface area contributed by atoms with Crippen LogP contribution >= 0.6 is 0 Å². The zero-order valence-corrected chi connectivity index (χ0v) is 17.3. The molecule has 0 aliphatic heterocycles. The SMILES string of the molecule is CNC(C1CC1)n1nc(NC2CCCCCC2)cc(NCc2ccccn2)c1=N. The standard InChI is InChI=1S/C22H33N7/c1-24-22(16-11-12-16)29-21(23)19(26-15-18-10-6-7-13-25-18)14-20(28-29)27-17-8-4-2-3-5-9-17/h6-7,10,13-14,16-17,22-24,26H,2-5,8-9,11-12,15H2,1H3,(H,27,28). The highest BCUT2D eigenvalue weighted by atomic mass is 15.4. The maximum atomic E-state index is 8.77. The molecule has 2 aliphatic rings. The number of hydrogen-bond acceptors (Lipinski definition) is 6. The molecule has 2 aliphatic carbocycles. The summed E-state index contributed by atoms with van der Waals surface area (Å²) < 4.78 is 1.86. The molecule has 0 saturated heterocycles. The summed E-state index contributed by atoms with van der Waals surface area (Å²) in [6, 6.07) is 8.36. The Labute approximate surface area is 172 Å². The van der Waals surface area contributed by atoms with Crippen LogP contribution in [-0.4, -0.2) is 27.9 Å². The highest BCUT2D eigenvalue weighted by Crippen LogP contribution is 2.37. The monoisotopic (exact) mass is 395 g/mol. The number of aromatic nitrogens is 3. The fourth-order valence-electron chi connectivity index (χ4n) is 4.22. The van der Waals surface area contributed by atoms with E-state index in [4.69, 9.17) is 10.5 Å². The van der Waals surface area contributed by atoms with E-state index < -0.39 is 0 Å². The van der Waals surface area contributed by atoms with E-state index in [1.807, 2.05) is 36.0 Å². The van der Waals surface area contributed by atoms with E-state index in [1.54, 1.807) is 6.20 Å². The van der Waals surface area contributed by atoms with E-state index in [0.29, 0.717) is 24.0 Å². The predicted molar refractivity (Wildman–Crippen MR) is 116 cm³/mol. The number of anilines is 2. The molecule has 0 bridgehead atoms. The molecule has 2 saturated carbocycles. The van der Waals surface area contributed by atoms with Gasteiger partial charge in [-0.05, 0) is 50.8 Å². The number of nitrogens with zero attached hydrogens (tertiary/aromatic N) is 3. The Morgan fingerprint density at radius 3 is 2.59 bits per heavy atom. The van der Waals surface area contributed by atoms with Gasteiger partial charge in [0.15, 0.2) is 5.49 Å². The van der Waals surface area contributed by atoms with Crippen molar-refractivity contribution in [2.75, 3.05) is 17.7 Å². The molecule has 7 nitrogen and oxygen atoms in total. The third-order valence-electron chi connectivity index (χ3n) is 6.00. The molecule has 2 heterocycles. The minimum Gasteiger partial charge on any atom is -0.376 e. The molecule has 4 rings (SSSR count). The Morgan fingerprint density at radius 1 is 1.14 bits per heavy atom. The van der Waals surface area contributed by atoms with E-state index in [1.165, 1.54) is 51.4 Å². The van der Waals surface area contributed by atoms with Gasteiger partial charge in [-0.2, -0.15) is 5.10 Å². The summed E-state index contributed by atoms with van der Waals surface area (Å²) in [5.41, 5.74) is 2.17. The second kappa shape index (κ2) is 9.39. The van der Waals surface area contributed by atoms with Gasteiger partial charge in [-0.15, -0.1) is 0 Å². The van der Waals surface area contributed by atoms with E-state index in [0.717, 1.165) is 17.2 Å². The van der Waals surface area contributed by atoms with Crippen LogP contribution in [0.3, 0.4) is 0 Å². The lowest BCUT2D eigenvalue weighted by molar-refractivity contribution is 0.335. The molecule has 0 radical (unpaired) electrons. The van der Waals surface area contributed by atoms with Crippen LogP contribution in [0.4, 0.5) is 11.5 Å². The second-order valence-electron chi connectivity index (χ2n) is 8.31. The van der Waals surface area contributed by atoms with Crippen LogP contribution < -0.4 is 21.4 Å². The van der Waals surface area contributed by atoms with Crippen LogP contribution in [0.25, 0.3) is 0 Å². The van der Waals surface area contributed by atoms with Gasteiger partial charge in [0.25, 0.3) is 0 Å². The van der Waals surface area contributed by atoms with Crippen molar-refractivity contribution in [3.8, 4) is 0 Å². The van der Waals surface area contributed by atoms with Crippen LogP contribution in [0.15, 0.2) is 30.5 Å². The van der Waals surface area contributed by atoms with Gasteiger partial charge in [-0.25, -0.2) is 4.68 Å². The van der Waals surface area contributed by atoms with Gasteiger partial charge in [0.2, 0.25) is 0 Å². The van der Waals surface area contributed by atoms with Crippen molar-refractivity contribution in [1.82, 2.24) is 20.1 Å². The highest BCUT2D eigenvalue weighted by molar-refractivity contribution is 5.50. The van der Waals surface area contributed by atoms with Crippen molar-refractivity contribution < 1.29 is 0 Å². The molecule has 0 amide bonds. The number of pyridine rings is 1. The highest BCUT2D eigenvalue weighted by Gasteiger charge is 2.33. The summed E-state index contributed by atoms with van der Waals surface area (Å²) in [5, 5.41) is 24.1. The lowest BCUT2D eigenvalue weighted by Crippen LogP contribution is -2.37. The van der Waals surface area contributed by atoms with Gasteiger partial charge in [0, 0.05) is 18.3 Å². The Hall–Kier alpha value is -2.41. The van der Waals surface area contributed by atoms with Gasteiger partial charge in [-0.1, -0.05) is 31.7 Å². The maximum Gasteiger partial charge on any atom is 0.166 e. The van der Waals surface area contributed by atoms with Crippen molar-refractivity contribution in [2.24, 2.45) is 5.92 Å². The van der Waals surface area contributed by atoms with Crippen molar-refractivity contribution in [3.05, 3.63) is 41.6 Å². The molecular weight excluding hydrogens is 362 g/mol. The molecule has 29 heavy (non-hydrogen) atoms. The topological polar surface area (TPSA) is 90.7 Å². The fourth-order valence-corrected chi connectivity index (χ4v) is 4.22. The maximum absolute atomic E-state index is 8.77. The molecule has 2 aromatic rings. The average molecular weight is 396 g/mol. The van der Waals surface area contributed by atoms with Gasteiger partial charge in [0.05, 0.1) is 17.9 Å². The molecule has 0 aromatic carbocycles. The average Bonchev–Trinajstić information content (AvgIpc) is 3.59. The molecule has 1 atom stereocenters. The molecule has 156 valence electrons. The van der Waals surface area contributed by atoms with Crippen molar-refractivity contribution >= 4 is 11.5 Å². The minimum absolute atomic E-state index is 0.0637. The van der Waals surface area contributed by atoms with E-state index in [9.17, 15) is 0 Å². The summed E-state index contributed by atoms with van der Waals surface area (Å²) in [4.78, 5) is 4.39. The molecule has 1 unspecified atom stereocenters. The third kappa shape index (κ3) is 5.15. The molecular formula is C22H33N7. The summed E-state index contributed by atoms with van der Waals surface area (Å²) >= 11 is 0.